The number of hydrogen-bond donors (Lipinski definition) is 1. The van der Waals surface area contributed by atoms with Crippen molar-refractivity contribution >= 4 is 23.2 Å². The Morgan fingerprint density at radius 1 is 1.70 bits per heavy atom. The molecule has 0 rings (SSSR count). The molecule has 0 radical (unpaired) electrons. The Balaban J connectivity index is 3.14. The van der Waals surface area contributed by atoms with Crippen LogP contribution in [0.5, 0.6) is 0 Å². The second-order valence-corrected chi connectivity index (χ2v) is 2.39. The lowest BCUT2D eigenvalue weighted by Gasteiger charge is -1.98. The highest BCUT2D eigenvalue weighted by molar-refractivity contribution is 6.36. The summed E-state index contributed by atoms with van der Waals surface area (Å²) in [4.78, 5) is 0. The molecule has 0 aliphatic carbocycles. The minimum atomic E-state index is 0.590. The lowest BCUT2D eigenvalue weighted by Crippen LogP contribution is -2.16. The van der Waals surface area contributed by atoms with Gasteiger partial charge in [0, 0.05) is 30.1 Å². The highest BCUT2D eigenvalue weighted by Gasteiger charge is 1.88. The monoisotopic (exact) mass is 177 g/mol. The molecule has 0 aliphatic rings. The van der Waals surface area contributed by atoms with Crippen LogP contribution >= 0.6 is 23.2 Å². The van der Waals surface area contributed by atoms with E-state index in [-0.39, 0.29) is 0 Å². The average Bonchev–Trinajstić information content (AvgIpc) is 1.98. The molecule has 0 aliphatic heterocycles. The summed E-state index contributed by atoms with van der Waals surface area (Å²) in [5.41, 5.74) is 1.34. The molecule has 0 aromatic rings. The molecule has 0 heterocycles. The van der Waals surface area contributed by atoms with E-state index in [1.54, 1.807) is 0 Å². The molecular weight excluding hydrogens is 169 g/mol. The summed E-state index contributed by atoms with van der Waals surface area (Å²) in [6.45, 7) is 1.37. The van der Waals surface area contributed by atoms with Gasteiger partial charge in [-0.2, -0.15) is 0 Å². The summed E-state index contributed by atoms with van der Waals surface area (Å²) < 4.78 is 0. The summed E-state index contributed by atoms with van der Waals surface area (Å²) in [5, 5.41) is 3.61. The van der Waals surface area contributed by atoms with E-state index in [2.05, 4.69) is 11.2 Å². The van der Waals surface area contributed by atoms with Crippen molar-refractivity contribution in [1.82, 2.24) is 5.32 Å². The zero-order valence-corrected chi connectivity index (χ0v) is 7.04. The summed E-state index contributed by atoms with van der Waals surface area (Å²) in [6.07, 6.45) is 5.73. The van der Waals surface area contributed by atoms with Gasteiger partial charge in [0.25, 0.3) is 0 Å². The SMILES string of the molecule is C#CCCNC/C(Cl)=C\Cl. The lowest BCUT2D eigenvalue weighted by atomic mass is 10.4. The number of terminal acetylenes is 1. The normalized spacial score (nSPS) is 11.1. The van der Waals surface area contributed by atoms with Crippen LogP contribution in [0.4, 0.5) is 0 Å². The van der Waals surface area contributed by atoms with E-state index in [1.165, 1.54) is 5.54 Å². The van der Waals surface area contributed by atoms with Gasteiger partial charge < -0.3 is 5.32 Å². The first-order valence-corrected chi connectivity index (χ1v) is 3.71. The van der Waals surface area contributed by atoms with E-state index in [1.807, 2.05) is 0 Å². The topological polar surface area (TPSA) is 12.0 Å². The largest absolute Gasteiger partial charge is 0.311 e. The van der Waals surface area contributed by atoms with Crippen molar-refractivity contribution < 1.29 is 0 Å². The third-order valence-corrected chi connectivity index (χ3v) is 1.48. The Morgan fingerprint density at radius 3 is 2.90 bits per heavy atom. The zero-order valence-electron chi connectivity index (χ0n) is 5.53. The van der Waals surface area contributed by atoms with Crippen LogP contribution in [0.15, 0.2) is 10.6 Å². The van der Waals surface area contributed by atoms with E-state index in [9.17, 15) is 0 Å². The van der Waals surface area contributed by atoms with Crippen molar-refractivity contribution in [1.29, 1.82) is 0 Å². The van der Waals surface area contributed by atoms with Gasteiger partial charge in [-0.1, -0.05) is 23.2 Å². The molecule has 0 saturated heterocycles. The van der Waals surface area contributed by atoms with Crippen molar-refractivity contribution in [3.63, 3.8) is 0 Å². The minimum absolute atomic E-state index is 0.590. The van der Waals surface area contributed by atoms with E-state index in [0.717, 1.165) is 6.54 Å². The molecule has 0 spiro atoms. The van der Waals surface area contributed by atoms with Gasteiger partial charge in [0.15, 0.2) is 0 Å². The predicted molar refractivity (Wildman–Crippen MR) is 46.1 cm³/mol. The molecule has 10 heavy (non-hydrogen) atoms. The standard InChI is InChI=1S/C7H9Cl2N/c1-2-3-4-10-6-7(9)5-8/h1,5,10H,3-4,6H2/b7-5+. The van der Waals surface area contributed by atoms with Gasteiger partial charge in [0.1, 0.15) is 0 Å². The summed E-state index contributed by atoms with van der Waals surface area (Å²) in [6, 6.07) is 0. The molecule has 0 saturated carbocycles. The van der Waals surface area contributed by atoms with Crippen LogP contribution in [-0.2, 0) is 0 Å². The highest BCUT2D eigenvalue weighted by atomic mass is 35.5. The van der Waals surface area contributed by atoms with E-state index in [4.69, 9.17) is 29.6 Å². The first-order valence-electron chi connectivity index (χ1n) is 2.90. The summed E-state index contributed by atoms with van der Waals surface area (Å²) >= 11 is 10.8. The quantitative estimate of drug-likeness (QED) is 0.512. The fourth-order valence-electron chi connectivity index (χ4n) is 0.407. The van der Waals surface area contributed by atoms with E-state index >= 15 is 0 Å². The first-order chi connectivity index (χ1) is 4.81. The lowest BCUT2D eigenvalue weighted by molar-refractivity contribution is 0.760. The third kappa shape index (κ3) is 5.97. The molecule has 0 atom stereocenters. The van der Waals surface area contributed by atoms with Crippen molar-refractivity contribution in [2.45, 2.75) is 6.42 Å². The van der Waals surface area contributed by atoms with Gasteiger partial charge in [-0.3, -0.25) is 0 Å². The summed E-state index contributed by atoms with van der Waals surface area (Å²) in [5.74, 6) is 2.50. The Labute approximate surface area is 71.4 Å². The molecule has 0 aromatic heterocycles. The highest BCUT2D eigenvalue weighted by Crippen LogP contribution is 1.99. The van der Waals surface area contributed by atoms with E-state index < -0.39 is 0 Å². The Hall–Kier alpha value is -0.160. The van der Waals surface area contributed by atoms with Crippen LogP contribution in [0.25, 0.3) is 0 Å². The minimum Gasteiger partial charge on any atom is -0.311 e. The number of halogens is 2. The molecule has 0 bridgehead atoms. The van der Waals surface area contributed by atoms with Crippen molar-refractivity contribution in [2.75, 3.05) is 13.1 Å². The summed E-state index contributed by atoms with van der Waals surface area (Å²) in [7, 11) is 0. The van der Waals surface area contributed by atoms with E-state index in [0.29, 0.717) is 18.0 Å². The Morgan fingerprint density at radius 2 is 2.40 bits per heavy atom. The van der Waals surface area contributed by atoms with Gasteiger partial charge >= 0.3 is 0 Å². The average molecular weight is 178 g/mol. The van der Waals surface area contributed by atoms with Crippen molar-refractivity contribution in [3.05, 3.63) is 10.6 Å². The second-order valence-electron chi connectivity index (χ2n) is 1.69. The fourth-order valence-corrected chi connectivity index (χ4v) is 0.579. The Kier molecular flexibility index (Phi) is 6.84. The van der Waals surface area contributed by atoms with Crippen LogP contribution < -0.4 is 5.32 Å². The van der Waals surface area contributed by atoms with Gasteiger partial charge in [-0.05, 0) is 0 Å². The fraction of sp³-hybridized carbons (Fsp3) is 0.429. The molecule has 0 aromatic carbocycles. The van der Waals surface area contributed by atoms with Crippen molar-refractivity contribution in [3.8, 4) is 12.3 Å². The Bertz CT molecular complexity index is 146. The molecule has 1 N–H and O–H groups in total. The number of nitrogens with one attached hydrogen (secondary N) is 1. The number of hydrogen-bond acceptors (Lipinski definition) is 1. The van der Waals surface area contributed by atoms with Crippen LogP contribution in [0.2, 0.25) is 0 Å². The van der Waals surface area contributed by atoms with Crippen LogP contribution in [0.1, 0.15) is 6.42 Å². The van der Waals surface area contributed by atoms with Gasteiger partial charge in [-0.15, -0.1) is 12.3 Å². The molecule has 0 fully saturated rings. The van der Waals surface area contributed by atoms with Crippen LogP contribution in [-0.4, -0.2) is 13.1 Å². The molecule has 0 amide bonds. The predicted octanol–water partition coefficient (Wildman–Crippen LogP) is 1.92. The molecule has 1 nitrogen and oxygen atoms in total. The number of rotatable bonds is 4. The van der Waals surface area contributed by atoms with Gasteiger partial charge in [-0.25, -0.2) is 0 Å². The maximum absolute atomic E-state index is 5.56. The smallest absolute Gasteiger partial charge is 0.0431 e. The van der Waals surface area contributed by atoms with Crippen LogP contribution in [0, 0.1) is 12.3 Å². The molecule has 56 valence electrons. The van der Waals surface area contributed by atoms with Crippen molar-refractivity contribution in [2.24, 2.45) is 0 Å². The zero-order chi connectivity index (χ0) is 7.82. The third-order valence-electron chi connectivity index (χ3n) is 0.858. The van der Waals surface area contributed by atoms with Gasteiger partial charge in [0.2, 0.25) is 0 Å². The van der Waals surface area contributed by atoms with Crippen LogP contribution in [0.3, 0.4) is 0 Å². The second kappa shape index (κ2) is 6.95. The molecular formula is C7H9Cl2N. The first kappa shape index (κ1) is 9.84. The van der Waals surface area contributed by atoms with Gasteiger partial charge in [0.05, 0.1) is 0 Å². The molecule has 3 heteroatoms. The maximum atomic E-state index is 5.56. The molecule has 0 unspecified atom stereocenters. The maximum Gasteiger partial charge on any atom is 0.0431 e.